The van der Waals surface area contributed by atoms with Crippen molar-refractivity contribution in [3.63, 3.8) is 0 Å². The molecule has 4 fully saturated rings. The van der Waals surface area contributed by atoms with E-state index in [9.17, 15) is 10.4 Å². The molecule has 3 heteroatoms. The minimum Gasteiger partial charge on any atom is -0.390 e. The van der Waals surface area contributed by atoms with Crippen molar-refractivity contribution < 1.29 is 9.84 Å². The molecule has 0 spiro atoms. The van der Waals surface area contributed by atoms with E-state index >= 15 is 0 Å². The fourth-order valence-corrected chi connectivity index (χ4v) is 7.90. The van der Waals surface area contributed by atoms with Crippen LogP contribution < -0.4 is 0 Å². The van der Waals surface area contributed by atoms with Crippen molar-refractivity contribution in [2.24, 2.45) is 40.4 Å². The topological polar surface area (TPSA) is 53.2 Å². The number of hydrogen-bond acceptors (Lipinski definition) is 3. The molecule has 0 radical (unpaired) electrons. The van der Waals surface area contributed by atoms with Crippen LogP contribution in [0.3, 0.4) is 0 Å². The lowest BCUT2D eigenvalue weighted by atomic mass is 9.44. The molecule has 3 nitrogen and oxygen atoms in total. The average Bonchev–Trinajstić information content (AvgIpc) is 2.97. The highest BCUT2D eigenvalue weighted by atomic mass is 16.5. The van der Waals surface area contributed by atoms with Crippen LogP contribution in [-0.4, -0.2) is 23.9 Å². The van der Waals surface area contributed by atoms with E-state index in [0.717, 1.165) is 50.0 Å². The first-order valence-electron chi connectivity index (χ1n) is 11.1. The van der Waals surface area contributed by atoms with Crippen LogP contribution in [0.15, 0.2) is 0 Å². The van der Waals surface area contributed by atoms with Crippen LogP contribution in [0.2, 0.25) is 0 Å². The molecule has 9 atom stereocenters. The van der Waals surface area contributed by atoms with Crippen LogP contribution in [0.25, 0.3) is 0 Å². The van der Waals surface area contributed by atoms with E-state index in [-0.39, 0.29) is 23.5 Å². The van der Waals surface area contributed by atoms with Crippen LogP contribution in [0.4, 0.5) is 0 Å². The van der Waals surface area contributed by atoms with Gasteiger partial charge in [0.15, 0.2) is 0 Å². The number of nitriles is 1. The molecule has 0 aromatic carbocycles. The molecular weight excluding hydrogens is 322 g/mol. The normalized spacial score (nSPS) is 53.3. The zero-order valence-corrected chi connectivity index (χ0v) is 16.9. The van der Waals surface area contributed by atoms with Crippen LogP contribution in [-0.2, 0) is 4.74 Å². The van der Waals surface area contributed by atoms with E-state index < -0.39 is 0 Å². The zero-order valence-electron chi connectivity index (χ0n) is 16.9. The van der Waals surface area contributed by atoms with Crippen molar-refractivity contribution in [2.75, 3.05) is 6.61 Å². The number of hydrogen-bond donors (Lipinski definition) is 1. The molecule has 146 valence electrons. The predicted molar refractivity (Wildman–Crippen MR) is 102 cm³/mol. The lowest BCUT2D eigenvalue weighted by Crippen LogP contribution is -2.57. The van der Waals surface area contributed by atoms with Gasteiger partial charge in [-0.1, -0.05) is 20.8 Å². The first-order chi connectivity index (χ1) is 12.4. The number of rotatable bonds is 3. The summed E-state index contributed by atoms with van der Waals surface area (Å²) >= 11 is 0. The third kappa shape index (κ3) is 2.67. The molecule has 4 aliphatic carbocycles. The Morgan fingerprint density at radius 2 is 1.85 bits per heavy atom. The SMILES string of the molecule is CCCO[C@H]1C[C@@]2(C)C(CC[C@@H]3C2CC[C@@]2(C)C3CC[C@H]2C#N)C[C@@H]1O. The Bertz CT molecular complexity index is 571. The second-order valence-corrected chi connectivity index (χ2v) is 10.4. The highest BCUT2D eigenvalue weighted by molar-refractivity contribution is 5.13. The average molecular weight is 360 g/mol. The summed E-state index contributed by atoms with van der Waals surface area (Å²) in [5, 5.41) is 20.3. The Kier molecular flexibility index (Phi) is 4.89. The van der Waals surface area contributed by atoms with Gasteiger partial charge in [-0.25, -0.2) is 0 Å². The molecular formula is C23H37NO2. The Labute approximate surface area is 159 Å². The summed E-state index contributed by atoms with van der Waals surface area (Å²) in [4.78, 5) is 0. The van der Waals surface area contributed by atoms with Gasteiger partial charge in [-0.05, 0) is 92.3 Å². The summed E-state index contributed by atoms with van der Waals surface area (Å²) in [5.41, 5.74) is 0.567. The van der Waals surface area contributed by atoms with Gasteiger partial charge in [-0.15, -0.1) is 0 Å². The molecule has 4 saturated carbocycles. The lowest BCUT2D eigenvalue weighted by molar-refractivity contribution is -0.171. The summed E-state index contributed by atoms with van der Waals surface area (Å²) in [5.74, 6) is 3.21. The van der Waals surface area contributed by atoms with Gasteiger partial charge in [0.05, 0.1) is 24.2 Å². The maximum atomic E-state index is 10.6. The Balaban J connectivity index is 1.57. The zero-order chi connectivity index (χ0) is 18.5. The van der Waals surface area contributed by atoms with Crippen molar-refractivity contribution in [3.05, 3.63) is 0 Å². The van der Waals surface area contributed by atoms with Crippen LogP contribution in [0.1, 0.15) is 78.6 Å². The van der Waals surface area contributed by atoms with Crippen LogP contribution in [0, 0.1) is 51.8 Å². The van der Waals surface area contributed by atoms with Gasteiger partial charge in [0.25, 0.3) is 0 Å². The molecule has 0 saturated heterocycles. The Morgan fingerprint density at radius 1 is 1.08 bits per heavy atom. The molecule has 0 bridgehead atoms. The van der Waals surface area contributed by atoms with Gasteiger partial charge >= 0.3 is 0 Å². The van der Waals surface area contributed by atoms with Crippen molar-refractivity contribution >= 4 is 0 Å². The lowest BCUT2D eigenvalue weighted by Gasteiger charge is -2.61. The summed E-state index contributed by atoms with van der Waals surface area (Å²) in [7, 11) is 0. The summed E-state index contributed by atoms with van der Waals surface area (Å²) in [6.45, 7) is 7.84. The number of fused-ring (bicyclic) bond motifs is 5. The maximum absolute atomic E-state index is 10.6. The highest BCUT2D eigenvalue weighted by Gasteiger charge is 2.61. The van der Waals surface area contributed by atoms with Gasteiger partial charge < -0.3 is 9.84 Å². The van der Waals surface area contributed by atoms with Gasteiger partial charge in [0.1, 0.15) is 0 Å². The van der Waals surface area contributed by atoms with E-state index in [1.54, 1.807) is 0 Å². The minimum atomic E-state index is -0.278. The number of aliphatic hydroxyl groups excluding tert-OH is 1. The van der Waals surface area contributed by atoms with Gasteiger partial charge in [-0.2, -0.15) is 5.26 Å². The molecule has 26 heavy (non-hydrogen) atoms. The fourth-order valence-electron chi connectivity index (χ4n) is 7.90. The van der Waals surface area contributed by atoms with E-state index in [2.05, 4.69) is 26.8 Å². The van der Waals surface area contributed by atoms with Crippen molar-refractivity contribution in [1.82, 2.24) is 0 Å². The van der Waals surface area contributed by atoms with Crippen molar-refractivity contribution in [3.8, 4) is 6.07 Å². The van der Waals surface area contributed by atoms with Crippen molar-refractivity contribution in [2.45, 2.75) is 90.8 Å². The quantitative estimate of drug-likeness (QED) is 0.777. The summed E-state index contributed by atoms with van der Waals surface area (Å²) in [6, 6.07) is 2.65. The summed E-state index contributed by atoms with van der Waals surface area (Å²) < 4.78 is 6.09. The summed E-state index contributed by atoms with van der Waals surface area (Å²) in [6.07, 6.45) is 10.2. The third-order valence-electron chi connectivity index (χ3n) is 9.35. The third-order valence-corrected chi connectivity index (χ3v) is 9.35. The largest absolute Gasteiger partial charge is 0.390 e. The number of aliphatic hydroxyl groups is 1. The molecule has 0 amide bonds. The second-order valence-electron chi connectivity index (χ2n) is 10.4. The maximum Gasteiger partial charge on any atom is 0.0839 e. The number of ether oxygens (including phenoxy) is 1. The number of nitrogens with zero attached hydrogens (tertiary/aromatic N) is 1. The first kappa shape index (κ1) is 18.8. The standard InChI is InChI=1S/C23H37NO2/c1-4-11-26-21-13-23(3)15(12-20(21)25)5-7-17-18-8-6-16(14-24)22(18,2)10-9-19(17)23/h15-21,25H,4-13H2,1-3H3/t15?,16-,17-,18?,19?,20-,21-,22+,23-/m0/s1. The van der Waals surface area contributed by atoms with Crippen molar-refractivity contribution in [1.29, 1.82) is 5.26 Å². The molecule has 0 aromatic rings. The Hall–Kier alpha value is -0.590. The molecule has 3 unspecified atom stereocenters. The monoisotopic (exact) mass is 359 g/mol. The van der Waals surface area contributed by atoms with Gasteiger partial charge in [0.2, 0.25) is 0 Å². The minimum absolute atomic E-state index is 0.0266. The second kappa shape index (κ2) is 6.78. The molecule has 1 N–H and O–H groups in total. The fraction of sp³-hybridized carbons (Fsp3) is 0.957. The van der Waals surface area contributed by atoms with Crippen LogP contribution in [0.5, 0.6) is 0 Å². The molecule has 4 rings (SSSR count). The molecule has 0 aliphatic heterocycles. The van der Waals surface area contributed by atoms with E-state index in [1.807, 2.05) is 0 Å². The first-order valence-corrected chi connectivity index (χ1v) is 11.1. The smallest absolute Gasteiger partial charge is 0.0839 e. The highest BCUT2D eigenvalue weighted by Crippen LogP contribution is 2.67. The van der Waals surface area contributed by atoms with Gasteiger partial charge in [0, 0.05) is 6.61 Å². The van der Waals surface area contributed by atoms with Gasteiger partial charge in [-0.3, -0.25) is 0 Å². The van der Waals surface area contributed by atoms with Crippen LogP contribution >= 0.6 is 0 Å². The molecule has 0 heterocycles. The molecule has 0 aromatic heterocycles. The molecule has 4 aliphatic rings. The predicted octanol–water partition coefficient (Wildman–Crippen LogP) is 4.93. The van der Waals surface area contributed by atoms with E-state index in [0.29, 0.717) is 11.3 Å². The Morgan fingerprint density at radius 3 is 2.58 bits per heavy atom. The van der Waals surface area contributed by atoms with E-state index in [4.69, 9.17) is 4.74 Å². The van der Waals surface area contributed by atoms with E-state index in [1.165, 1.54) is 32.1 Å².